The average molecular weight is 540 g/mol. The molecule has 0 saturated carbocycles. The number of amidine groups is 1. The van der Waals surface area contributed by atoms with E-state index in [-0.39, 0.29) is 0 Å². The predicted molar refractivity (Wildman–Crippen MR) is 171 cm³/mol. The lowest BCUT2D eigenvalue weighted by Gasteiger charge is -2.15. The Labute approximate surface area is 233 Å². The van der Waals surface area contributed by atoms with Gasteiger partial charge in [0.2, 0.25) is 0 Å². The van der Waals surface area contributed by atoms with E-state index in [4.69, 9.17) is 5.73 Å². The minimum Gasteiger partial charge on any atom is -0.383 e. The van der Waals surface area contributed by atoms with Gasteiger partial charge in [-0.15, -0.1) is 22.7 Å². The Hall–Kier alpha value is -4.19. The molecule has 3 heterocycles. The van der Waals surface area contributed by atoms with Crippen LogP contribution in [0.1, 0.15) is 28.0 Å². The van der Waals surface area contributed by atoms with Crippen molar-refractivity contribution in [2.75, 3.05) is 0 Å². The fraction of sp³-hybridized carbons (Fsp3) is 0.0882. The number of fused-ring (bicyclic) bond motifs is 10. The van der Waals surface area contributed by atoms with Crippen LogP contribution in [0.15, 0.2) is 96.6 Å². The first-order valence-corrected chi connectivity index (χ1v) is 14.8. The number of allylic oxidation sites excluding steroid dienone is 1. The van der Waals surface area contributed by atoms with Gasteiger partial charge in [-0.05, 0) is 65.3 Å². The first-order valence-electron chi connectivity index (χ1n) is 13.2. The number of hydrogen-bond acceptors (Lipinski definition) is 3. The number of aryl methyl sites for hydroxylation is 2. The van der Waals surface area contributed by atoms with E-state index < -0.39 is 0 Å². The molecule has 39 heavy (non-hydrogen) atoms. The molecular formula is C34H25N3S2. The standard InChI is InChI=1S/C34H25N3S2/c1-3-36-34(35)25-18-29-30(23-10-5-7-14-28(23)38-29)31-24-17-19(15-16-26(24)37(2)32(25)31)20-11-8-12-22-21-9-4-6-13-27(21)39-33(20)22/h3-7,9-11,13-18H,1,8,12H2,2H3,(H2,35,36). The first kappa shape index (κ1) is 22.8. The molecule has 0 bridgehead atoms. The van der Waals surface area contributed by atoms with E-state index in [9.17, 15) is 0 Å². The number of aromatic nitrogens is 1. The molecule has 3 nitrogen and oxygen atoms in total. The number of thiophene rings is 2. The maximum atomic E-state index is 6.55. The Kier molecular flexibility index (Phi) is 4.91. The van der Waals surface area contributed by atoms with E-state index >= 15 is 0 Å². The molecular weight excluding hydrogens is 515 g/mol. The summed E-state index contributed by atoms with van der Waals surface area (Å²) in [5.41, 5.74) is 13.9. The van der Waals surface area contributed by atoms with Crippen molar-refractivity contribution < 1.29 is 0 Å². The van der Waals surface area contributed by atoms with Crippen LogP contribution in [0.4, 0.5) is 0 Å². The van der Waals surface area contributed by atoms with Crippen molar-refractivity contribution in [1.82, 2.24) is 4.57 Å². The smallest absolute Gasteiger partial charge is 0.132 e. The normalized spacial score (nSPS) is 14.1. The summed E-state index contributed by atoms with van der Waals surface area (Å²) in [7, 11) is 2.14. The Morgan fingerprint density at radius 1 is 0.897 bits per heavy atom. The number of aliphatic imine (C=N–C) groups is 1. The maximum Gasteiger partial charge on any atom is 0.132 e. The second-order valence-electron chi connectivity index (χ2n) is 10.2. The minimum absolute atomic E-state index is 0.491. The van der Waals surface area contributed by atoms with Gasteiger partial charge in [-0.1, -0.05) is 55.1 Å². The quantitative estimate of drug-likeness (QED) is 0.177. The van der Waals surface area contributed by atoms with Gasteiger partial charge in [0.15, 0.2) is 0 Å². The Balaban J connectivity index is 1.48. The van der Waals surface area contributed by atoms with Crippen molar-refractivity contribution in [3.8, 4) is 0 Å². The van der Waals surface area contributed by atoms with E-state index in [1.54, 1.807) is 0 Å². The van der Waals surface area contributed by atoms with E-state index in [2.05, 4.69) is 102 Å². The molecule has 1 aliphatic carbocycles. The molecule has 8 rings (SSSR count). The third-order valence-electron chi connectivity index (χ3n) is 8.11. The van der Waals surface area contributed by atoms with Crippen molar-refractivity contribution in [3.63, 3.8) is 0 Å². The predicted octanol–water partition coefficient (Wildman–Crippen LogP) is 9.14. The Bertz CT molecular complexity index is 2220. The van der Waals surface area contributed by atoms with Gasteiger partial charge >= 0.3 is 0 Å². The van der Waals surface area contributed by atoms with Gasteiger partial charge in [-0.25, -0.2) is 4.99 Å². The molecule has 4 aromatic carbocycles. The molecule has 0 fully saturated rings. The summed E-state index contributed by atoms with van der Waals surface area (Å²) >= 11 is 3.74. The van der Waals surface area contributed by atoms with Crippen molar-refractivity contribution >= 4 is 86.1 Å². The van der Waals surface area contributed by atoms with Gasteiger partial charge in [-0.2, -0.15) is 0 Å². The van der Waals surface area contributed by atoms with Crippen LogP contribution in [0.25, 0.3) is 57.6 Å². The first-order chi connectivity index (χ1) is 19.1. The van der Waals surface area contributed by atoms with Crippen LogP contribution in [0.2, 0.25) is 0 Å². The van der Waals surface area contributed by atoms with Crippen LogP contribution in [0, 0.1) is 0 Å². The summed E-state index contributed by atoms with van der Waals surface area (Å²) in [6.45, 7) is 3.79. The molecule has 0 saturated heterocycles. The zero-order chi connectivity index (χ0) is 26.2. The molecule has 1 aliphatic rings. The summed E-state index contributed by atoms with van der Waals surface area (Å²) in [5, 5.41) is 6.48. The highest BCUT2D eigenvalue weighted by atomic mass is 32.1. The molecule has 188 valence electrons. The van der Waals surface area contributed by atoms with Gasteiger partial charge in [0.1, 0.15) is 5.84 Å². The topological polar surface area (TPSA) is 43.3 Å². The van der Waals surface area contributed by atoms with Crippen LogP contribution in [0.3, 0.4) is 0 Å². The SMILES string of the molecule is C=CN=C(N)c1cc2sc3ccccc3c2c2c3cc(C4=CCCc5c4sc4ccccc54)ccc3n(C)c12. The Morgan fingerprint density at radius 3 is 2.49 bits per heavy atom. The molecule has 3 aromatic heterocycles. The van der Waals surface area contributed by atoms with E-state index in [0.717, 1.165) is 23.9 Å². The van der Waals surface area contributed by atoms with Crippen LogP contribution in [0.5, 0.6) is 0 Å². The van der Waals surface area contributed by atoms with E-state index in [1.807, 2.05) is 22.7 Å². The summed E-state index contributed by atoms with van der Waals surface area (Å²) < 4.78 is 6.15. The van der Waals surface area contributed by atoms with Gasteiger partial charge in [0.05, 0.1) is 5.52 Å². The van der Waals surface area contributed by atoms with Crippen molar-refractivity contribution in [2.45, 2.75) is 12.8 Å². The Morgan fingerprint density at radius 2 is 1.67 bits per heavy atom. The van der Waals surface area contributed by atoms with Gasteiger partial charge in [-0.3, -0.25) is 0 Å². The van der Waals surface area contributed by atoms with Crippen LogP contribution in [-0.4, -0.2) is 10.4 Å². The zero-order valence-corrected chi connectivity index (χ0v) is 23.1. The highest BCUT2D eigenvalue weighted by molar-refractivity contribution is 7.26. The monoisotopic (exact) mass is 539 g/mol. The molecule has 0 amide bonds. The zero-order valence-electron chi connectivity index (χ0n) is 21.5. The molecule has 2 N–H and O–H groups in total. The fourth-order valence-electron chi connectivity index (χ4n) is 6.43. The molecule has 0 aliphatic heterocycles. The van der Waals surface area contributed by atoms with E-state index in [1.165, 1.54) is 74.3 Å². The van der Waals surface area contributed by atoms with Crippen molar-refractivity contribution in [3.05, 3.63) is 113 Å². The lowest BCUT2D eigenvalue weighted by molar-refractivity contribution is 0.998. The second-order valence-corrected chi connectivity index (χ2v) is 12.3. The van der Waals surface area contributed by atoms with Crippen molar-refractivity contribution in [2.24, 2.45) is 17.8 Å². The average Bonchev–Trinajstić information content (AvgIpc) is 3.62. The van der Waals surface area contributed by atoms with Crippen molar-refractivity contribution in [1.29, 1.82) is 0 Å². The maximum absolute atomic E-state index is 6.55. The van der Waals surface area contributed by atoms with Gasteiger partial charge < -0.3 is 10.3 Å². The third-order valence-corrected chi connectivity index (χ3v) is 10.5. The van der Waals surface area contributed by atoms with Crippen LogP contribution < -0.4 is 5.73 Å². The van der Waals surface area contributed by atoms with Gasteiger partial charge in [0, 0.05) is 64.8 Å². The summed E-state index contributed by atoms with van der Waals surface area (Å²) in [6, 6.07) is 26.7. The second kappa shape index (κ2) is 8.40. The summed E-state index contributed by atoms with van der Waals surface area (Å²) in [4.78, 5) is 5.81. The van der Waals surface area contributed by atoms with Crippen LogP contribution >= 0.6 is 22.7 Å². The van der Waals surface area contributed by atoms with Gasteiger partial charge in [0.25, 0.3) is 0 Å². The summed E-state index contributed by atoms with van der Waals surface area (Å²) in [6.07, 6.45) is 6.12. The molecule has 0 spiro atoms. The number of nitrogens with zero attached hydrogens (tertiary/aromatic N) is 2. The molecule has 5 heteroatoms. The number of benzene rings is 4. The lowest BCUT2D eigenvalue weighted by atomic mass is 9.91. The highest BCUT2D eigenvalue weighted by Crippen LogP contribution is 2.46. The highest BCUT2D eigenvalue weighted by Gasteiger charge is 2.23. The number of hydrogen-bond donors (Lipinski definition) is 1. The molecule has 7 aromatic rings. The fourth-order valence-corrected chi connectivity index (χ4v) is 8.90. The third kappa shape index (κ3) is 3.17. The lowest BCUT2D eigenvalue weighted by Crippen LogP contribution is -2.14. The molecule has 0 radical (unpaired) electrons. The minimum atomic E-state index is 0.491. The summed E-state index contributed by atoms with van der Waals surface area (Å²) in [5.74, 6) is 0.491. The number of rotatable bonds is 3. The molecule has 0 unspecified atom stereocenters. The number of nitrogens with two attached hydrogens (primary N) is 1. The van der Waals surface area contributed by atoms with Crippen LogP contribution in [-0.2, 0) is 13.5 Å². The molecule has 0 atom stereocenters. The van der Waals surface area contributed by atoms with E-state index in [0.29, 0.717) is 5.84 Å². The largest absolute Gasteiger partial charge is 0.383 e.